The number of benzene rings is 2. The van der Waals surface area contributed by atoms with Crippen LogP contribution < -0.4 is 10.6 Å². The van der Waals surface area contributed by atoms with Crippen LogP contribution in [0.25, 0.3) is 10.8 Å². The molecule has 2 aromatic carbocycles. The van der Waals surface area contributed by atoms with Crippen LogP contribution in [0.2, 0.25) is 5.02 Å². The largest absolute Gasteiger partial charge is 0.350 e. The Morgan fingerprint density at radius 2 is 1.91 bits per heavy atom. The number of hydrogen-bond acceptors (Lipinski definition) is 4. The van der Waals surface area contributed by atoms with E-state index in [1.165, 1.54) is 11.1 Å². The van der Waals surface area contributed by atoms with Gasteiger partial charge in [-0.2, -0.15) is 0 Å². The molecule has 4 aromatic rings. The van der Waals surface area contributed by atoms with E-state index in [1.807, 2.05) is 30.3 Å². The number of amides is 1. The molecule has 2 heterocycles. The molecule has 5 nitrogen and oxygen atoms in total. The maximum absolute atomic E-state index is 12.6. The van der Waals surface area contributed by atoms with Gasteiger partial charge in [-0.1, -0.05) is 41.9 Å². The average Bonchev–Trinajstić information content (AvgIpc) is 2.83. The summed E-state index contributed by atoms with van der Waals surface area (Å²) in [5.74, 6) is 1.01. The number of aryl methyl sites for hydroxylation is 1. The average molecular weight is 443 g/mol. The van der Waals surface area contributed by atoms with Crippen molar-refractivity contribution in [1.82, 2.24) is 15.3 Å². The lowest BCUT2D eigenvalue weighted by atomic mass is 9.84. The number of pyridine rings is 2. The second-order valence-corrected chi connectivity index (χ2v) is 8.61. The van der Waals surface area contributed by atoms with Gasteiger partial charge in [0.15, 0.2) is 0 Å². The third-order valence-electron chi connectivity index (χ3n) is 5.99. The van der Waals surface area contributed by atoms with Crippen molar-refractivity contribution < 1.29 is 4.79 Å². The standard InChI is InChI=1S/C26H23ClN4O/c27-21-8-7-19-11-12-28-25(23(19)14-21)31-22-9-10-24(29-16-22)26(32)30-15-17-5-6-18-3-1-2-4-20(18)13-17/h1-4,7-12,14,16-17H,5-6,13,15H2,(H,28,31)(H,30,32). The smallest absolute Gasteiger partial charge is 0.269 e. The number of rotatable bonds is 5. The molecule has 1 unspecified atom stereocenters. The zero-order valence-electron chi connectivity index (χ0n) is 17.5. The van der Waals surface area contributed by atoms with E-state index < -0.39 is 0 Å². The Labute approximate surface area is 191 Å². The van der Waals surface area contributed by atoms with E-state index >= 15 is 0 Å². The van der Waals surface area contributed by atoms with Gasteiger partial charge in [-0.25, -0.2) is 9.97 Å². The molecule has 0 spiro atoms. The van der Waals surface area contributed by atoms with Crippen molar-refractivity contribution in [2.75, 3.05) is 11.9 Å². The topological polar surface area (TPSA) is 66.9 Å². The summed E-state index contributed by atoms with van der Waals surface area (Å²) in [7, 11) is 0. The number of aromatic nitrogens is 2. The summed E-state index contributed by atoms with van der Waals surface area (Å²) >= 11 is 6.15. The van der Waals surface area contributed by atoms with Gasteiger partial charge in [-0.05, 0) is 72.0 Å². The Kier molecular flexibility index (Phi) is 5.73. The van der Waals surface area contributed by atoms with Crippen LogP contribution in [-0.4, -0.2) is 22.4 Å². The normalized spacial score (nSPS) is 15.2. The van der Waals surface area contributed by atoms with Gasteiger partial charge >= 0.3 is 0 Å². The van der Waals surface area contributed by atoms with Gasteiger partial charge in [-0.15, -0.1) is 0 Å². The quantitative estimate of drug-likeness (QED) is 0.424. The van der Waals surface area contributed by atoms with E-state index in [0.29, 0.717) is 29.0 Å². The fraction of sp³-hybridized carbons (Fsp3) is 0.192. The third kappa shape index (κ3) is 4.43. The summed E-state index contributed by atoms with van der Waals surface area (Å²) in [6, 6.07) is 19.8. The van der Waals surface area contributed by atoms with E-state index in [-0.39, 0.29) is 5.91 Å². The van der Waals surface area contributed by atoms with Crippen molar-refractivity contribution >= 4 is 39.8 Å². The minimum Gasteiger partial charge on any atom is -0.350 e. The monoisotopic (exact) mass is 442 g/mol. The SMILES string of the molecule is O=C(NCC1CCc2ccccc2C1)c1ccc(Nc2nccc3ccc(Cl)cc23)cn1. The van der Waals surface area contributed by atoms with Crippen LogP contribution in [0.5, 0.6) is 0 Å². The van der Waals surface area contributed by atoms with Crippen molar-refractivity contribution in [3.8, 4) is 0 Å². The van der Waals surface area contributed by atoms with Gasteiger partial charge in [0.2, 0.25) is 0 Å². The lowest BCUT2D eigenvalue weighted by Gasteiger charge is -2.24. The first-order valence-electron chi connectivity index (χ1n) is 10.8. The highest BCUT2D eigenvalue weighted by Crippen LogP contribution is 2.27. The Balaban J connectivity index is 1.21. The van der Waals surface area contributed by atoms with Gasteiger partial charge in [0.25, 0.3) is 5.91 Å². The molecular weight excluding hydrogens is 420 g/mol. The first-order valence-corrected chi connectivity index (χ1v) is 11.2. The van der Waals surface area contributed by atoms with Crippen molar-refractivity contribution in [2.45, 2.75) is 19.3 Å². The van der Waals surface area contributed by atoms with Crippen LogP contribution in [-0.2, 0) is 12.8 Å². The van der Waals surface area contributed by atoms with Crippen LogP contribution in [0, 0.1) is 5.92 Å². The number of anilines is 2. The Hall–Kier alpha value is -3.44. The van der Waals surface area contributed by atoms with E-state index in [1.54, 1.807) is 18.5 Å². The first-order chi connectivity index (χ1) is 15.7. The molecule has 1 aliphatic carbocycles. The van der Waals surface area contributed by atoms with Gasteiger partial charge in [0.05, 0.1) is 11.9 Å². The maximum atomic E-state index is 12.6. The van der Waals surface area contributed by atoms with E-state index in [9.17, 15) is 4.79 Å². The summed E-state index contributed by atoms with van der Waals surface area (Å²) in [5, 5.41) is 8.94. The van der Waals surface area contributed by atoms with Crippen LogP contribution in [0.3, 0.4) is 0 Å². The molecule has 0 aliphatic heterocycles. The number of fused-ring (bicyclic) bond motifs is 2. The van der Waals surface area contributed by atoms with Crippen LogP contribution >= 0.6 is 11.6 Å². The Morgan fingerprint density at radius 1 is 1.03 bits per heavy atom. The van der Waals surface area contributed by atoms with Gasteiger partial charge in [0, 0.05) is 23.2 Å². The van der Waals surface area contributed by atoms with Crippen molar-refractivity contribution in [2.24, 2.45) is 5.92 Å². The lowest BCUT2D eigenvalue weighted by Crippen LogP contribution is -2.32. The lowest BCUT2D eigenvalue weighted by molar-refractivity contribution is 0.0941. The van der Waals surface area contributed by atoms with Crippen molar-refractivity contribution in [3.05, 3.63) is 94.9 Å². The molecule has 2 N–H and O–H groups in total. The molecule has 32 heavy (non-hydrogen) atoms. The maximum Gasteiger partial charge on any atom is 0.269 e. The molecule has 0 saturated carbocycles. The fourth-order valence-corrected chi connectivity index (χ4v) is 4.43. The number of carbonyl (C=O) groups is 1. The number of nitrogens with one attached hydrogen (secondary N) is 2. The Bertz CT molecular complexity index is 1270. The van der Waals surface area contributed by atoms with E-state index in [4.69, 9.17) is 11.6 Å². The molecule has 1 aliphatic rings. The first kappa shape index (κ1) is 20.5. The molecule has 160 valence electrons. The molecule has 6 heteroatoms. The molecule has 5 rings (SSSR count). The number of hydrogen-bond donors (Lipinski definition) is 2. The second kappa shape index (κ2) is 8.97. The number of carbonyl (C=O) groups excluding carboxylic acids is 1. The molecule has 0 radical (unpaired) electrons. The predicted molar refractivity (Wildman–Crippen MR) is 129 cm³/mol. The van der Waals surface area contributed by atoms with Gasteiger partial charge in [0.1, 0.15) is 11.5 Å². The van der Waals surface area contributed by atoms with E-state index in [2.05, 4.69) is 44.9 Å². The molecule has 0 saturated heterocycles. The second-order valence-electron chi connectivity index (χ2n) is 8.17. The van der Waals surface area contributed by atoms with Crippen LogP contribution in [0.15, 0.2) is 73.1 Å². The molecule has 1 amide bonds. The Morgan fingerprint density at radius 3 is 2.75 bits per heavy atom. The summed E-state index contributed by atoms with van der Waals surface area (Å²) in [6.07, 6.45) is 6.57. The minimum absolute atomic E-state index is 0.148. The number of halogens is 1. The highest BCUT2D eigenvalue weighted by atomic mass is 35.5. The van der Waals surface area contributed by atoms with E-state index in [0.717, 1.165) is 35.7 Å². The van der Waals surface area contributed by atoms with Crippen LogP contribution in [0.1, 0.15) is 28.0 Å². The molecule has 0 fully saturated rings. The minimum atomic E-state index is -0.148. The predicted octanol–water partition coefficient (Wildman–Crippen LogP) is 5.56. The summed E-state index contributed by atoms with van der Waals surface area (Å²) in [5.41, 5.74) is 3.99. The van der Waals surface area contributed by atoms with Gasteiger partial charge in [-0.3, -0.25) is 4.79 Å². The molecule has 1 atom stereocenters. The fourth-order valence-electron chi connectivity index (χ4n) is 4.25. The molecule has 2 aromatic heterocycles. The summed E-state index contributed by atoms with van der Waals surface area (Å²) < 4.78 is 0. The van der Waals surface area contributed by atoms with Gasteiger partial charge < -0.3 is 10.6 Å². The van der Waals surface area contributed by atoms with Crippen molar-refractivity contribution in [3.63, 3.8) is 0 Å². The highest BCUT2D eigenvalue weighted by Gasteiger charge is 2.19. The third-order valence-corrected chi connectivity index (χ3v) is 6.22. The van der Waals surface area contributed by atoms with Crippen LogP contribution in [0.4, 0.5) is 11.5 Å². The summed E-state index contributed by atoms with van der Waals surface area (Å²) in [6.45, 7) is 0.662. The zero-order chi connectivity index (χ0) is 21.9. The van der Waals surface area contributed by atoms with Crippen molar-refractivity contribution in [1.29, 1.82) is 0 Å². The zero-order valence-corrected chi connectivity index (χ0v) is 18.3. The summed E-state index contributed by atoms with van der Waals surface area (Å²) in [4.78, 5) is 21.4. The number of nitrogens with zero attached hydrogens (tertiary/aromatic N) is 2. The molecule has 0 bridgehead atoms. The highest BCUT2D eigenvalue weighted by molar-refractivity contribution is 6.31. The molecular formula is C26H23ClN4O.